The Morgan fingerprint density at radius 2 is 1.81 bits per heavy atom. The van der Waals surface area contributed by atoms with Crippen molar-refractivity contribution in [3.63, 3.8) is 0 Å². The zero-order valence-electron chi connectivity index (χ0n) is 18.8. The van der Waals surface area contributed by atoms with Crippen LogP contribution >= 0.6 is 0 Å². The van der Waals surface area contributed by atoms with Gasteiger partial charge in [0.05, 0.1) is 6.54 Å². The van der Waals surface area contributed by atoms with Crippen LogP contribution in [0.5, 0.6) is 17.4 Å². The number of rotatable bonds is 8. The number of piperazine rings is 1. The van der Waals surface area contributed by atoms with E-state index in [1.54, 1.807) is 12.4 Å². The average molecular weight is 442 g/mol. The summed E-state index contributed by atoms with van der Waals surface area (Å²) in [6.07, 6.45) is 3.09. The quantitative estimate of drug-likeness (QED) is 0.612. The third kappa shape index (κ3) is 5.21. The summed E-state index contributed by atoms with van der Waals surface area (Å²) in [5.74, 6) is 2.87. The molecule has 1 aromatic heterocycles. The molecule has 0 saturated carbocycles. The maximum atomic E-state index is 12.4. The van der Waals surface area contributed by atoms with Crippen molar-refractivity contribution in [1.29, 1.82) is 0 Å². The number of amides is 1. The van der Waals surface area contributed by atoms with E-state index >= 15 is 0 Å². The molecule has 1 unspecified atom stereocenters. The third-order valence-electron chi connectivity index (χ3n) is 5.77. The molecule has 1 aromatic carbocycles. The molecule has 0 radical (unpaired) electrons. The van der Waals surface area contributed by atoms with Crippen molar-refractivity contribution < 1.29 is 19.0 Å². The molecular weight excluding hydrogens is 410 g/mol. The van der Waals surface area contributed by atoms with E-state index in [0.29, 0.717) is 25.6 Å². The van der Waals surface area contributed by atoms with Gasteiger partial charge in [0.15, 0.2) is 23.4 Å². The van der Waals surface area contributed by atoms with Gasteiger partial charge in [-0.15, -0.1) is 0 Å². The smallest absolute Gasteiger partial charge is 0.257 e. The van der Waals surface area contributed by atoms with Crippen LogP contribution in [0, 0.1) is 0 Å². The number of nitrogens with zero attached hydrogens (tertiary/aromatic N) is 5. The molecule has 2 aromatic rings. The molecule has 9 nitrogen and oxygen atoms in total. The number of benzene rings is 1. The van der Waals surface area contributed by atoms with Gasteiger partial charge in [-0.05, 0) is 26.0 Å². The molecule has 3 heterocycles. The SMILES string of the molecule is CCN(CC)C(=O)CN1CCN(c2nccnc2OCC2COc3ccccc3O2)CC1. The average Bonchev–Trinajstić information content (AvgIpc) is 2.84. The number of carbonyl (C=O) groups is 1. The van der Waals surface area contributed by atoms with Gasteiger partial charge in [-0.2, -0.15) is 0 Å². The van der Waals surface area contributed by atoms with E-state index in [-0.39, 0.29) is 12.0 Å². The number of ether oxygens (including phenoxy) is 3. The molecular formula is C23H31N5O4. The number of fused-ring (bicyclic) bond motifs is 1. The minimum atomic E-state index is -0.220. The minimum Gasteiger partial charge on any atom is -0.486 e. The third-order valence-corrected chi connectivity index (χ3v) is 5.77. The predicted molar refractivity (Wildman–Crippen MR) is 120 cm³/mol. The summed E-state index contributed by atoms with van der Waals surface area (Å²) in [4.78, 5) is 27.5. The number of para-hydroxylation sites is 2. The lowest BCUT2D eigenvalue weighted by molar-refractivity contribution is -0.132. The van der Waals surface area contributed by atoms with Crippen LogP contribution in [-0.4, -0.2) is 90.8 Å². The van der Waals surface area contributed by atoms with Crippen LogP contribution < -0.4 is 19.1 Å². The second-order valence-electron chi connectivity index (χ2n) is 7.82. The number of likely N-dealkylation sites (N-methyl/N-ethyl adjacent to an activating group) is 1. The lowest BCUT2D eigenvalue weighted by atomic mass is 10.2. The van der Waals surface area contributed by atoms with Gasteiger partial charge in [0.2, 0.25) is 5.91 Å². The van der Waals surface area contributed by atoms with Crippen LogP contribution in [0.2, 0.25) is 0 Å². The molecule has 1 fully saturated rings. The van der Waals surface area contributed by atoms with Crippen molar-refractivity contribution >= 4 is 11.7 Å². The van der Waals surface area contributed by atoms with Gasteiger partial charge in [0, 0.05) is 51.7 Å². The van der Waals surface area contributed by atoms with E-state index in [9.17, 15) is 4.79 Å². The summed E-state index contributed by atoms with van der Waals surface area (Å²) >= 11 is 0. The molecule has 172 valence electrons. The van der Waals surface area contributed by atoms with Gasteiger partial charge in [-0.3, -0.25) is 9.69 Å². The topological polar surface area (TPSA) is 80.3 Å². The second-order valence-corrected chi connectivity index (χ2v) is 7.82. The maximum Gasteiger partial charge on any atom is 0.257 e. The minimum absolute atomic E-state index is 0.184. The molecule has 9 heteroatoms. The van der Waals surface area contributed by atoms with E-state index in [4.69, 9.17) is 14.2 Å². The molecule has 1 amide bonds. The Kier molecular flexibility index (Phi) is 7.26. The van der Waals surface area contributed by atoms with E-state index < -0.39 is 0 Å². The van der Waals surface area contributed by atoms with Gasteiger partial charge in [-0.25, -0.2) is 9.97 Å². The molecule has 32 heavy (non-hydrogen) atoms. The Morgan fingerprint density at radius 3 is 2.56 bits per heavy atom. The molecule has 0 spiro atoms. The summed E-state index contributed by atoms with van der Waals surface area (Å²) in [6.45, 7) is 9.82. The van der Waals surface area contributed by atoms with Crippen LogP contribution in [0.4, 0.5) is 5.82 Å². The highest BCUT2D eigenvalue weighted by Crippen LogP contribution is 2.31. The fourth-order valence-corrected chi connectivity index (χ4v) is 3.94. The van der Waals surface area contributed by atoms with Crippen molar-refractivity contribution in [1.82, 2.24) is 19.8 Å². The Bertz CT molecular complexity index is 899. The molecule has 4 rings (SSSR count). The van der Waals surface area contributed by atoms with Crippen molar-refractivity contribution in [2.24, 2.45) is 0 Å². The van der Waals surface area contributed by atoms with Crippen LogP contribution in [0.3, 0.4) is 0 Å². The van der Waals surface area contributed by atoms with E-state index in [2.05, 4.69) is 19.8 Å². The normalized spacial score (nSPS) is 18.3. The summed E-state index contributed by atoms with van der Waals surface area (Å²) in [7, 11) is 0. The Hall–Kier alpha value is -3.07. The Balaban J connectivity index is 1.31. The van der Waals surface area contributed by atoms with Gasteiger partial charge in [0.1, 0.15) is 13.2 Å². The Morgan fingerprint density at radius 1 is 1.09 bits per heavy atom. The van der Waals surface area contributed by atoms with Gasteiger partial charge < -0.3 is 24.0 Å². The molecule has 0 aliphatic carbocycles. The largest absolute Gasteiger partial charge is 0.486 e. The van der Waals surface area contributed by atoms with Crippen molar-refractivity contribution in [2.75, 3.05) is 63.9 Å². The molecule has 1 atom stereocenters. The van der Waals surface area contributed by atoms with Gasteiger partial charge >= 0.3 is 0 Å². The number of anilines is 1. The first kappa shape index (κ1) is 22.1. The molecule has 2 aliphatic rings. The van der Waals surface area contributed by atoms with Crippen LogP contribution in [-0.2, 0) is 4.79 Å². The highest BCUT2D eigenvalue weighted by molar-refractivity contribution is 5.78. The van der Waals surface area contributed by atoms with E-state index in [1.807, 2.05) is 43.0 Å². The molecule has 2 aliphatic heterocycles. The lowest BCUT2D eigenvalue weighted by Gasteiger charge is -2.36. The number of aromatic nitrogens is 2. The molecule has 1 saturated heterocycles. The zero-order valence-corrected chi connectivity index (χ0v) is 18.8. The van der Waals surface area contributed by atoms with Crippen LogP contribution in [0.1, 0.15) is 13.8 Å². The highest BCUT2D eigenvalue weighted by Gasteiger charge is 2.26. The van der Waals surface area contributed by atoms with Crippen LogP contribution in [0.25, 0.3) is 0 Å². The Labute approximate surface area is 188 Å². The first-order chi connectivity index (χ1) is 15.7. The summed E-state index contributed by atoms with van der Waals surface area (Å²) in [6, 6.07) is 7.62. The second kappa shape index (κ2) is 10.5. The fraction of sp³-hybridized carbons (Fsp3) is 0.522. The van der Waals surface area contributed by atoms with Gasteiger partial charge in [-0.1, -0.05) is 12.1 Å². The van der Waals surface area contributed by atoms with Crippen molar-refractivity contribution in [3.8, 4) is 17.4 Å². The summed E-state index contributed by atoms with van der Waals surface area (Å²) in [5, 5.41) is 0. The predicted octanol–water partition coefficient (Wildman–Crippen LogP) is 1.69. The van der Waals surface area contributed by atoms with Crippen molar-refractivity contribution in [2.45, 2.75) is 20.0 Å². The van der Waals surface area contributed by atoms with Crippen molar-refractivity contribution in [3.05, 3.63) is 36.7 Å². The number of hydrogen-bond acceptors (Lipinski definition) is 8. The first-order valence-corrected chi connectivity index (χ1v) is 11.2. The summed E-state index contributed by atoms with van der Waals surface area (Å²) < 4.78 is 17.7. The van der Waals surface area contributed by atoms with Crippen LogP contribution in [0.15, 0.2) is 36.7 Å². The maximum absolute atomic E-state index is 12.4. The zero-order chi connectivity index (χ0) is 22.3. The lowest BCUT2D eigenvalue weighted by Crippen LogP contribution is -2.50. The van der Waals surface area contributed by atoms with E-state index in [1.165, 1.54) is 0 Å². The monoisotopic (exact) mass is 441 g/mol. The molecule has 0 N–H and O–H groups in total. The number of carbonyl (C=O) groups excluding carboxylic acids is 1. The fourth-order valence-electron chi connectivity index (χ4n) is 3.94. The standard InChI is InChI=1S/C23H31N5O4/c1-3-27(4-2)21(29)15-26-11-13-28(14-12-26)22-23(25-10-9-24-22)31-17-18-16-30-19-7-5-6-8-20(19)32-18/h5-10,18H,3-4,11-17H2,1-2H3. The summed E-state index contributed by atoms with van der Waals surface area (Å²) in [5.41, 5.74) is 0. The van der Waals surface area contributed by atoms with E-state index in [0.717, 1.165) is 56.6 Å². The highest BCUT2D eigenvalue weighted by atomic mass is 16.6. The number of hydrogen-bond donors (Lipinski definition) is 0. The van der Waals surface area contributed by atoms with Gasteiger partial charge in [0.25, 0.3) is 5.88 Å². The first-order valence-electron chi connectivity index (χ1n) is 11.2. The molecule has 0 bridgehead atoms.